The molecule has 0 aliphatic heterocycles. The number of carbonyl (C=O) groups excluding carboxylic acids is 1. The number of phenols is 1. The molecule has 2 aromatic rings. The quantitative estimate of drug-likeness (QED) is 0.534. The van der Waals surface area contributed by atoms with Crippen LogP contribution in [0.2, 0.25) is 0 Å². The van der Waals surface area contributed by atoms with Gasteiger partial charge in [-0.1, -0.05) is 35.0 Å². The number of carbonyl (C=O) groups is 1. The van der Waals surface area contributed by atoms with Crippen molar-refractivity contribution in [2.24, 2.45) is 5.10 Å². The van der Waals surface area contributed by atoms with Gasteiger partial charge in [-0.05, 0) is 42.8 Å². The molecule has 2 rings (SSSR count). The Bertz CT molecular complexity index is 686. The Balaban J connectivity index is 1.95. The topological polar surface area (TPSA) is 73.7 Å². The van der Waals surface area contributed by atoms with Crippen LogP contribution >= 0.6 is 15.9 Å². The minimum atomic E-state index is -0.391. The summed E-state index contributed by atoms with van der Waals surface area (Å²) < 4.78 is 0.979. The van der Waals surface area contributed by atoms with E-state index in [1.165, 1.54) is 6.21 Å². The number of benzene rings is 2. The second kappa shape index (κ2) is 8.33. The molecule has 0 aliphatic rings. The van der Waals surface area contributed by atoms with Crippen LogP contribution in [0.3, 0.4) is 0 Å². The van der Waals surface area contributed by atoms with E-state index < -0.39 is 6.04 Å². The van der Waals surface area contributed by atoms with Gasteiger partial charge in [0.25, 0.3) is 5.91 Å². The van der Waals surface area contributed by atoms with Crippen LogP contribution in [0.5, 0.6) is 5.75 Å². The maximum atomic E-state index is 12.2. The Morgan fingerprint density at radius 1 is 1.26 bits per heavy atom. The van der Waals surface area contributed by atoms with Crippen molar-refractivity contribution in [3.63, 3.8) is 0 Å². The second-order valence-electron chi connectivity index (χ2n) is 4.91. The largest absolute Gasteiger partial charge is 0.507 e. The minimum absolute atomic E-state index is 0.116. The Morgan fingerprint density at radius 3 is 2.61 bits per heavy atom. The van der Waals surface area contributed by atoms with E-state index in [2.05, 4.69) is 31.8 Å². The number of amides is 1. The summed E-state index contributed by atoms with van der Waals surface area (Å²) in [6, 6.07) is 14.0. The number of rotatable bonds is 6. The monoisotopic (exact) mass is 375 g/mol. The summed E-state index contributed by atoms with van der Waals surface area (Å²) in [5, 5.41) is 16.7. The first-order chi connectivity index (χ1) is 11.1. The highest BCUT2D eigenvalue weighted by Crippen LogP contribution is 2.16. The van der Waals surface area contributed by atoms with Crippen molar-refractivity contribution < 1.29 is 9.90 Å². The van der Waals surface area contributed by atoms with E-state index in [9.17, 15) is 9.90 Å². The first kappa shape index (κ1) is 17.0. The summed E-state index contributed by atoms with van der Waals surface area (Å²) in [7, 11) is 0. The van der Waals surface area contributed by atoms with Gasteiger partial charge in [0.2, 0.25) is 0 Å². The molecule has 1 amide bonds. The van der Waals surface area contributed by atoms with E-state index in [1.54, 1.807) is 24.3 Å². The fourth-order valence-electron chi connectivity index (χ4n) is 1.94. The van der Waals surface area contributed by atoms with Gasteiger partial charge in [0.05, 0.1) is 6.21 Å². The molecule has 3 N–H and O–H groups in total. The molecular weight excluding hydrogens is 358 g/mol. The lowest BCUT2D eigenvalue weighted by Gasteiger charge is -2.16. The number of hydrazone groups is 1. The predicted octanol–water partition coefficient (Wildman–Crippen LogP) is 3.50. The summed E-state index contributed by atoms with van der Waals surface area (Å²) in [5.41, 5.74) is 3.89. The molecule has 0 aromatic heterocycles. The number of anilines is 1. The van der Waals surface area contributed by atoms with E-state index in [0.29, 0.717) is 12.0 Å². The number of nitrogens with zero attached hydrogens (tertiary/aromatic N) is 1. The minimum Gasteiger partial charge on any atom is -0.507 e. The van der Waals surface area contributed by atoms with Crippen molar-refractivity contribution >= 4 is 33.7 Å². The van der Waals surface area contributed by atoms with Crippen LogP contribution in [0.4, 0.5) is 5.69 Å². The van der Waals surface area contributed by atoms with Gasteiger partial charge < -0.3 is 10.4 Å². The number of aromatic hydroxyl groups is 1. The Labute approximate surface area is 143 Å². The molecule has 0 saturated carbocycles. The van der Waals surface area contributed by atoms with Crippen molar-refractivity contribution in [2.45, 2.75) is 19.4 Å². The van der Waals surface area contributed by atoms with Crippen molar-refractivity contribution in [1.29, 1.82) is 0 Å². The van der Waals surface area contributed by atoms with Crippen LogP contribution in [0, 0.1) is 0 Å². The molecule has 2 aromatic carbocycles. The molecule has 5 nitrogen and oxygen atoms in total. The first-order valence-corrected chi connectivity index (χ1v) is 8.02. The normalized spacial score (nSPS) is 12.1. The molecule has 120 valence electrons. The van der Waals surface area contributed by atoms with Gasteiger partial charge in [-0.3, -0.25) is 4.79 Å². The zero-order valence-corrected chi connectivity index (χ0v) is 14.2. The smallest absolute Gasteiger partial charge is 0.262 e. The number of halogens is 1. The van der Waals surface area contributed by atoms with Crippen LogP contribution < -0.4 is 10.7 Å². The molecule has 0 aliphatic carbocycles. The summed E-state index contributed by atoms with van der Waals surface area (Å²) in [4.78, 5) is 12.2. The molecule has 0 saturated heterocycles. The number of phenolic OH excluding ortho intramolecular Hbond substituents is 1. The first-order valence-electron chi connectivity index (χ1n) is 7.23. The molecule has 0 spiro atoms. The highest BCUT2D eigenvalue weighted by atomic mass is 79.9. The van der Waals surface area contributed by atoms with Gasteiger partial charge in [0.15, 0.2) is 0 Å². The summed E-state index contributed by atoms with van der Waals surface area (Å²) in [6.07, 6.45) is 2.04. The Hall–Kier alpha value is -2.34. The fourth-order valence-corrected chi connectivity index (χ4v) is 2.20. The number of nitrogens with one attached hydrogen (secondary N) is 2. The van der Waals surface area contributed by atoms with Crippen LogP contribution in [-0.2, 0) is 4.79 Å². The van der Waals surface area contributed by atoms with Gasteiger partial charge in [-0.15, -0.1) is 0 Å². The van der Waals surface area contributed by atoms with Gasteiger partial charge in [0, 0.05) is 15.7 Å². The van der Waals surface area contributed by atoms with Gasteiger partial charge in [-0.2, -0.15) is 5.10 Å². The zero-order chi connectivity index (χ0) is 16.7. The number of hydrogen-bond donors (Lipinski definition) is 3. The second-order valence-corrected chi connectivity index (χ2v) is 5.82. The fraction of sp³-hybridized carbons (Fsp3) is 0.176. The van der Waals surface area contributed by atoms with Crippen LogP contribution in [-0.4, -0.2) is 23.3 Å². The maximum Gasteiger partial charge on any atom is 0.262 e. The third-order valence-electron chi connectivity index (χ3n) is 3.22. The van der Waals surface area contributed by atoms with E-state index in [1.807, 2.05) is 31.2 Å². The van der Waals surface area contributed by atoms with Crippen molar-refractivity contribution in [1.82, 2.24) is 5.43 Å². The average Bonchev–Trinajstić information content (AvgIpc) is 2.56. The Kier molecular flexibility index (Phi) is 6.17. The molecule has 0 heterocycles. The molecule has 0 radical (unpaired) electrons. The third kappa shape index (κ3) is 5.10. The van der Waals surface area contributed by atoms with Gasteiger partial charge >= 0.3 is 0 Å². The summed E-state index contributed by atoms with van der Waals surface area (Å²) >= 11 is 3.37. The van der Waals surface area contributed by atoms with Gasteiger partial charge in [0.1, 0.15) is 11.8 Å². The molecule has 0 fully saturated rings. The Morgan fingerprint density at radius 2 is 1.96 bits per heavy atom. The number of para-hydroxylation sites is 1. The van der Waals surface area contributed by atoms with Gasteiger partial charge in [-0.25, -0.2) is 5.43 Å². The molecule has 6 heteroatoms. The third-order valence-corrected chi connectivity index (χ3v) is 3.75. The highest BCUT2D eigenvalue weighted by molar-refractivity contribution is 9.10. The van der Waals surface area contributed by atoms with E-state index in [4.69, 9.17) is 0 Å². The molecule has 0 unspecified atom stereocenters. The SMILES string of the molecule is CC[C@H](Nc1ccc(Br)cc1)C(=O)N/N=C/c1ccccc1O. The maximum absolute atomic E-state index is 12.2. The molecule has 1 atom stereocenters. The molecule has 23 heavy (non-hydrogen) atoms. The van der Waals surface area contributed by atoms with E-state index in [-0.39, 0.29) is 11.7 Å². The van der Waals surface area contributed by atoms with E-state index >= 15 is 0 Å². The lowest BCUT2D eigenvalue weighted by atomic mass is 10.2. The molecule has 0 bridgehead atoms. The molecular formula is C17H18BrN3O2. The zero-order valence-electron chi connectivity index (χ0n) is 12.7. The van der Waals surface area contributed by atoms with Crippen molar-refractivity contribution in [3.8, 4) is 5.75 Å². The lowest BCUT2D eigenvalue weighted by Crippen LogP contribution is -2.36. The standard InChI is InChI=1S/C17H18BrN3O2/c1-2-15(20-14-9-7-13(18)8-10-14)17(23)21-19-11-12-5-3-4-6-16(12)22/h3-11,15,20,22H,2H2,1H3,(H,21,23)/b19-11+/t15-/m0/s1. The lowest BCUT2D eigenvalue weighted by molar-refractivity contribution is -0.121. The van der Waals surface area contributed by atoms with Crippen molar-refractivity contribution in [3.05, 3.63) is 58.6 Å². The van der Waals surface area contributed by atoms with Crippen LogP contribution in [0.15, 0.2) is 58.1 Å². The average molecular weight is 376 g/mol. The van der Waals surface area contributed by atoms with Crippen molar-refractivity contribution in [2.75, 3.05) is 5.32 Å². The summed E-state index contributed by atoms with van der Waals surface area (Å²) in [6.45, 7) is 1.92. The van der Waals surface area contributed by atoms with E-state index in [0.717, 1.165) is 10.2 Å². The summed E-state index contributed by atoms with van der Waals surface area (Å²) in [5.74, 6) is -0.118. The highest BCUT2D eigenvalue weighted by Gasteiger charge is 2.15. The predicted molar refractivity (Wildman–Crippen MR) is 95.7 cm³/mol. The van der Waals surface area contributed by atoms with Crippen LogP contribution in [0.25, 0.3) is 0 Å². The van der Waals surface area contributed by atoms with Crippen LogP contribution in [0.1, 0.15) is 18.9 Å². The number of hydrogen-bond acceptors (Lipinski definition) is 4.